The van der Waals surface area contributed by atoms with Crippen molar-refractivity contribution < 1.29 is 5.11 Å². The third-order valence-corrected chi connectivity index (χ3v) is 6.25. The third-order valence-electron chi connectivity index (χ3n) is 6.25. The molecule has 0 aliphatic carbocycles. The largest absolute Gasteiger partial charge is 0.379 e. The van der Waals surface area contributed by atoms with E-state index in [2.05, 4.69) is 17.9 Å². The predicted octanol–water partition coefficient (Wildman–Crippen LogP) is 3.64. The second-order valence-electron chi connectivity index (χ2n) is 7.42. The first-order chi connectivity index (χ1) is 10.7. The molecule has 4 rings (SSSR count). The summed E-state index contributed by atoms with van der Waals surface area (Å²) in [5.41, 5.74) is 2.61. The van der Waals surface area contributed by atoms with Crippen molar-refractivity contribution in [3.63, 3.8) is 0 Å². The Morgan fingerprint density at radius 1 is 1.18 bits per heavy atom. The van der Waals surface area contributed by atoms with E-state index in [4.69, 9.17) is 4.99 Å². The van der Waals surface area contributed by atoms with Crippen molar-refractivity contribution in [1.82, 2.24) is 4.90 Å². The highest BCUT2D eigenvalue weighted by Crippen LogP contribution is 2.46. The first kappa shape index (κ1) is 14.4. The van der Waals surface area contributed by atoms with Crippen LogP contribution in [0.5, 0.6) is 0 Å². The fourth-order valence-electron chi connectivity index (χ4n) is 4.73. The van der Waals surface area contributed by atoms with Crippen LogP contribution in [-0.4, -0.2) is 35.4 Å². The summed E-state index contributed by atoms with van der Waals surface area (Å²) in [7, 11) is 0. The van der Waals surface area contributed by atoms with Crippen molar-refractivity contribution in [1.29, 1.82) is 0 Å². The molecule has 3 heterocycles. The van der Waals surface area contributed by atoms with Crippen LogP contribution in [-0.2, 0) is 5.60 Å². The number of para-hydroxylation sites is 1. The maximum absolute atomic E-state index is 11.4. The number of hydrogen-bond donors (Lipinski definition) is 1. The Balaban J connectivity index is 1.72. The molecule has 3 heteroatoms. The van der Waals surface area contributed by atoms with Crippen molar-refractivity contribution in [2.75, 3.05) is 19.6 Å². The molecular weight excluding hydrogens is 272 g/mol. The maximum atomic E-state index is 11.4. The van der Waals surface area contributed by atoms with Crippen molar-refractivity contribution in [3.8, 4) is 0 Å². The van der Waals surface area contributed by atoms with Gasteiger partial charge in [-0.1, -0.05) is 25.1 Å². The number of nitrogens with zero attached hydrogens (tertiary/aromatic N) is 2. The number of benzene rings is 1. The summed E-state index contributed by atoms with van der Waals surface area (Å²) < 4.78 is 0. The molecule has 3 nitrogen and oxygen atoms in total. The minimum Gasteiger partial charge on any atom is -0.379 e. The quantitative estimate of drug-likeness (QED) is 0.859. The average molecular weight is 298 g/mol. The van der Waals surface area contributed by atoms with E-state index in [9.17, 15) is 5.11 Å². The molecule has 0 radical (unpaired) electrons. The Hall–Kier alpha value is -1.19. The summed E-state index contributed by atoms with van der Waals surface area (Å²) in [5.74, 6) is 0. The van der Waals surface area contributed by atoms with Gasteiger partial charge in [0.05, 0.1) is 11.4 Å². The number of aliphatic imine (C=N–C) groups is 1. The summed E-state index contributed by atoms with van der Waals surface area (Å²) in [5, 5.41) is 11.4. The predicted molar refractivity (Wildman–Crippen MR) is 89.7 cm³/mol. The van der Waals surface area contributed by atoms with Crippen LogP contribution in [0, 0.1) is 5.41 Å². The van der Waals surface area contributed by atoms with Crippen LogP contribution in [0.3, 0.4) is 0 Å². The number of hydrogen-bond acceptors (Lipinski definition) is 3. The molecule has 2 fully saturated rings. The normalized spacial score (nSPS) is 37.4. The van der Waals surface area contributed by atoms with Gasteiger partial charge < -0.3 is 10.0 Å². The second kappa shape index (κ2) is 5.17. The molecule has 0 aromatic heterocycles. The number of piperidine rings is 1. The minimum absolute atomic E-state index is 0.431. The molecule has 0 amide bonds. The summed E-state index contributed by atoms with van der Waals surface area (Å²) in [6.07, 6.45) is 6.75. The zero-order chi connectivity index (χ0) is 15.2. The number of fused-ring (bicyclic) bond motifs is 5. The highest BCUT2D eigenvalue weighted by atomic mass is 16.3. The topological polar surface area (TPSA) is 35.8 Å². The average Bonchev–Trinajstić information content (AvgIpc) is 2.85. The monoisotopic (exact) mass is 298 g/mol. The Kier molecular flexibility index (Phi) is 3.39. The molecule has 1 aromatic rings. The fraction of sp³-hybridized carbons (Fsp3) is 0.632. The van der Waals surface area contributed by atoms with Crippen LogP contribution >= 0.6 is 0 Å². The zero-order valence-corrected chi connectivity index (χ0v) is 13.5. The second-order valence-corrected chi connectivity index (χ2v) is 7.42. The summed E-state index contributed by atoms with van der Waals surface area (Å²) in [6, 6.07) is 8.13. The van der Waals surface area contributed by atoms with Gasteiger partial charge in [-0.05, 0) is 56.6 Å². The van der Waals surface area contributed by atoms with Crippen molar-refractivity contribution in [2.45, 2.75) is 51.0 Å². The Bertz CT molecular complexity index is 611. The fourth-order valence-corrected chi connectivity index (χ4v) is 4.73. The number of rotatable bonds is 1. The Labute approximate surface area is 133 Å². The number of aliphatic hydroxyl groups is 1. The molecule has 0 saturated carbocycles. The summed E-state index contributed by atoms with van der Waals surface area (Å²) in [6.45, 7) is 5.70. The SMILES string of the molecule is CC[C@]12CCCN(CC[C@]3(O)C(=Nc4ccccc43)CC1)C2. The first-order valence-electron chi connectivity index (χ1n) is 8.78. The van der Waals surface area contributed by atoms with Crippen molar-refractivity contribution in [3.05, 3.63) is 29.8 Å². The molecule has 1 aromatic carbocycles. The standard InChI is InChI=1S/C19H26N2O/c1-2-18-9-5-12-21(14-18)13-11-19(22)15-6-3-4-7-16(15)20-17(19)8-10-18/h3-4,6-7,22H,2,5,8-14H2,1H3/t18-,19+/m0/s1. The third kappa shape index (κ3) is 2.14. The van der Waals surface area contributed by atoms with Crippen LogP contribution < -0.4 is 0 Å². The molecule has 22 heavy (non-hydrogen) atoms. The molecule has 2 bridgehead atoms. The molecule has 3 aliphatic heterocycles. The van der Waals surface area contributed by atoms with Gasteiger partial charge in [-0.2, -0.15) is 0 Å². The van der Waals surface area contributed by atoms with Gasteiger partial charge in [0.25, 0.3) is 0 Å². The molecule has 1 unspecified atom stereocenters. The molecule has 2 saturated heterocycles. The lowest BCUT2D eigenvalue weighted by molar-refractivity contribution is 0.0565. The van der Waals surface area contributed by atoms with Crippen LogP contribution in [0.1, 0.15) is 51.0 Å². The van der Waals surface area contributed by atoms with Crippen LogP contribution in [0.4, 0.5) is 5.69 Å². The van der Waals surface area contributed by atoms with E-state index >= 15 is 0 Å². The molecule has 0 spiro atoms. The van der Waals surface area contributed by atoms with E-state index in [0.717, 1.165) is 42.8 Å². The molecular formula is C19H26N2O. The molecule has 3 atom stereocenters. The first-order valence-corrected chi connectivity index (χ1v) is 8.78. The van der Waals surface area contributed by atoms with Crippen LogP contribution in [0.25, 0.3) is 0 Å². The van der Waals surface area contributed by atoms with Crippen molar-refractivity contribution in [2.24, 2.45) is 10.4 Å². The van der Waals surface area contributed by atoms with Gasteiger partial charge in [-0.25, -0.2) is 0 Å². The van der Waals surface area contributed by atoms with E-state index in [0.29, 0.717) is 5.41 Å². The maximum Gasteiger partial charge on any atom is 0.131 e. The van der Waals surface area contributed by atoms with Gasteiger partial charge in [0.15, 0.2) is 0 Å². The minimum atomic E-state index is -0.830. The van der Waals surface area contributed by atoms with Gasteiger partial charge in [-0.15, -0.1) is 0 Å². The molecule has 3 aliphatic rings. The lowest BCUT2D eigenvalue weighted by Crippen LogP contribution is -2.43. The van der Waals surface area contributed by atoms with Crippen LogP contribution in [0.2, 0.25) is 0 Å². The summed E-state index contributed by atoms with van der Waals surface area (Å²) in [4.78, 5) is 7.39. The Morgan fingerprint density at radius 2 is 2.05 bits per heavy atom. The van der Waals surface area contributed by atoms with E-state index in [-0.39, 0.29) is 0 Å². The van der Waals surface area contributed by atoms with Gasteiger partial charge in [0, 0.05) is 18.7 Å². The van der Waals surface area contributed by atoms with Crippen LogP contribution in [0.15, 0.2) is 29.3 Å². The van der Waals surface area contributed by atoms with Gasteiger partial charge in [0.1, 0.15) is 5.60 Å². The molecule has 118 valence electrons. The lowest BCUT2D eigenvalue weighted by Gasteiger charge is -2.42. The summed E-state index contributed by atoms with van der Waals surface area (Å²) >= 11 is 0. The zero-order valence-electron chi connectivity index (χ0n) is 13.5. The van der Waals surface area contributed by atoms with Crippen molar-refractivity contribution >= 4 is 11.4 Å². The highest BCUT2D eigenvalue weighted by molar-refractivity contribution is 6.00. The van der Waals surface area contributed by atoms with E-state index in [1.54, 1.807) is 0 Å². The van der Waals surface area contributed by atoms with E-state index in [1.807, 2.05) is 18.2 Å². The Morgan fingerprint density at radius 3 is 2.91 bits per heavy atom. The lowest BCUT2D eigenvalue weighted by atomic mass is 9.73. The van der Waals surface area contributed by atoms with Gasteiger partial charge >= 0.3 is 0 Å². The van der Waals surface area contributed by atoms with Gasteiger partial charge in [-0.3, -0.25) is 4.99 Å². The molecule has 1 N–H and O–H groups in total. The smallest absolute Gasteiger partial charge is 0.131 e. The van der Waals surface area contributed by atoms with E-state index < -0.39 is 5.60 Å². The highest BCUT2D eigenvalue weighted by Gasteiger charge is 2.44. The van der Waals surface area contributed by atoms with Gasteiger partial charge in [0.2, 0.25) is 0 Å². The van der Waals surface area contributed by atoms with E-state index in [1.165, 1.54) is 32.4 Å².